The molecule has 158 valence electrons. The number of rotatable bonds is 8. The maximum Gasteiger partial charge on any atom is 0.138 e. The number of benzene rings is 3. The number of hydrogen-bond donors (Lipinski definition) is 2. The van der Waals surface area contributed by atoms with Crippen LogP contribution < -0.4 is 10.1 Å². The number of nitrogens with zero attached hydrogens (tertiary/aromatic N) is 1. The molecule has 0 heterocycles. The summed E-state index contributed by atoms with van der Waals surface area (Å²) in [4.78, 5) is 0. The zero-order valence-electron chi connectivity index (χ0n) is 17.1. The second-order valence-electron chi connectivity index (χ2n) is 7.84. The van der Waals surface area contributed by atoms with Crippen LogP contribution >= 0.6 is 24.0 Å². The summed E-state index contributed by atoms with van der Waals surface area (Å²) in [6.45, 7) is 4.75. The van der Waals surface area contributed by atoms with Crippen molar-refractivity contribution in [3.8, 4) is 11.8 Å². The van der Waals surface area contributed by atoms with E-state index in [1.165, 1.54) is 16.3 Å². The standard InChI is InChI=1S/C24H25ClN2O2.ClH/c1-24(2,13-17-7-9-19-5-3-4-6-20(19)11-17)27-15-21(28)16-29-23-10-8-18(14-26)12-22(23)25;/h3-12,21,27-28H,13,15-16H2,1-2H3;1H. The molecule has 0 bridgehead atoms. The zero-order valence-corrected chi connectivity index (χ0v) is 18.6. The number of fused-ring (bicyclic) bond motifs is 1. The van der Waals surface area contributed by atoms with Crippen molar-refractivity contribution in [3.63, 3.8) is 0 Å². The van der Waals surface area contributed by atoms with Crippen LogP contribution in [0.5, 0.6) is 5.75 Å². The highest BCUT2D eigenvalue weighted by atomic mass is 35.5. The molecule has 0 fully saturated rings. The van der Waals surface area contributed by atoms with Gasteiger partial charge < -0.3 is 15.2 Å². The normalized spacial score (nSPS) is 12.1. The summed E-state index contributed by atoms with van der Waals surface area (Å²) in [5, 5.41) is 25.4. The van der Waals surface area contributed by atoms with Gasteiger partial charge in [-0.15, -0.1) is 12.4 Å². The molecule has 4 nitrogen and oxygen atoms in total. The number of nitrogens with one attached hydrogen (secondary N) is 1. The van der Waals surface area contributed by atoms with E-state index in [2.05, 4.69) is 49.5 Å². The SMILES string of the molecule is CC(C)(Cc1ccc2ccccc2c1)NCC(O)COc1ccc(C#N)cc1Cl.Cl. The first-order chi connectivity index (χ1) is 13.9. The van der Waals surface area contributed by atoms with E-state index in [1.54, 1.807) is 18.2 Å². The van der Waals surface area contributed by atoms with Crippen LogP contribution in [0.25, 0.3) is 10.8 Å². The molecule has 0 saturated heterocycles. The van der Waals surface area contributed by atoms with Crippen LogP contribution in [0.15, 0.2) is 60.7 Å². The Balaban J connectivity index is 0.00000320. The first-order valence-electron chi connectivity index (χ1n) is 9.59. The summed E-state index contributed by atoms with van der Waals surface area (Å²) in [6, 6.07) is 21.7. The lowest BCUT2D eigenvalue weighted by atomic mass is 9.93. The molecule has 0 spiro atoms. The minimum atomic E-state index is -0.683. The Bertz CT molecular complexity index is 1030. The maximum absolute atomic E-state index is 10.3. The highest BCUT2D eigenvalue weighted by Crippen LogP contribution is 2.25. The summed E-state index contributed by atoms with van der Waals surface area (Å²) < 4.78 is 5.60. The van der Waals surface area contributed by atoms with Crippen molar-refractivity contribution < 1.29 is 9.84 Å². The molecular weight excluding hydrogens is 419 g/mol. The van der Waals surface area contributed by atoms with Crippen LogP contribution in [0.2, 0.25) is 5.02 Å². The fraction of sp³-hybridized carbons (Fsp3) is 0.292. The maximum atomic E-state index is 10.3. The lowest BCUT2D eigenvalue weighted by Gasteiger charge is -2.28. The molecular formula is C24H26Cl2N2O2. The smallest absolute Gasteiger partial charge is 0.138 e. The molecule has 1 unspecified atom stereocenters. The first kappa shape index (κ1) is 24.0. The van der Waals surface area contributed by atoms with Gasteiger partial charge in [0.25, 0.3) is 0 Å². The van der Waals surface area contributed by atoms with Crippen LogP contribution in [0, 0.1) is 11.3 Å². The van der Waals surface area contributed by atoms with Gasteiger partial charge in [0, 0.05) is 12.1 Å². The highest BCUT2D eigenvalue weighted by Gasteiger charge is 2.20. The number of aliphatic hydroxyl groups is 1. The van der Waals surface area contributed by atoms with Crippen molar-refractivity contribution >= 4 is 34.8 Å². The van der Waals surface area contributed by atoms with Gasteiger partial charge in [-0.05, 0) is 54.8 Å². The number of aliphatic hydroxyl groups excluding tert-OH is 1. The molecule has 3 aromatic rings. The fourth-order valence-corrected chi connectivity index (χ4v) is 3.48. The van der Waals surface area contributed by atoms with Gasteiger partial charge in [-0.3, -0.25) is 0 Å². The summed E-state index contributed by atoms with van der Waals surface area (Å²) in [5.41, 5.74) is 1.53. The summed E-state index contributed by atoms with van der Waals surface area (Å²) >= 11 is 6.10. The van der Waals surface area contributed by atoms with Crippen LogP contribution in [0.3, 0.4) is 0 Å². The van der Waals surface area contributed by atoms with Gasteiger partial charge in [-0.25, -0.2) is 0 Å². The van der Waals surface area contributed by atoms with Crippen LogP contribution in [-0.2, 0) is 6.42 Å². The third kappa shape index (κ3) is 6.62. The largest absolute Gasteiger partial charge is 0.489 e. The van der Waals surface area contributed by atoms with Crippen molar-refractivity contribution in [2.45, 2.75) is 31.9 Å². The molecule has 3 aromatic carbocycles. The Labute approximate surface area is 188 Å². The molecule has 0 amide bonds. The summed E-state index contributed by atoms with van der Waals surface area (Å²) in [7, 11) is 0. The van der Waals surface area contributed by atoms with Gasteiger partial charge in [-0.1, -0.05) is 54.1 Å². The van der Waals surface area contributed by atoms with E-state index in [4.69, 9.17) is 21.6 Å². The number of hydrogen-bond acceptors (Lipinski definition) is 4. The van der Waals surface area contributed by atoms with E-state index >= 15 is 0 Å². The van der Waals surface area contributed by atoms with Crippen molar-refractivity contribution in [3.05, 3.63) is 76.8 Å². The quantitative estimate of drug-likeness (QED) is 0.504. The molecule has 6 heteroatoms. The van der Waals surface area contributed by atoms with Gasteiger partial charge in [0.1, 0.15) is 18.5 Å². The van der Waals surface area contributed by atoms with Crippen LogP contribution in [0.4, 0.5) is 0 Å². The van der Waals surface area contributed by atoms with E-state index < -0.39 is 6.10 Å². The molecule has 0 aliphatic rings. The van der Waals surface area contributed by atoms with Crippen molar-refractivity contribution in [1.29, 1.82) is 5.26 Å². The van der Waals surface area contributed by atoms with Gasteiger partial charge in [0.15, 0.2) is 0 Å². The molecule has 0 aliphatic heterocycles. The van der Waals surface area contributed by atoms with E-state index in [0.29, 0.717) is 22.9 Å². The Morgan fingerprint density at radius 1 is 1.10 bits per heavy atom. The number of β-amino-alcohol motifs (C(OH)–C–C–N with tert-alkyl or cyclic N) is 1. The third-order valence-electron chi connectivity index (χ3n) is 4.77. The summed E-state index contributed by atoms with van der Waals surface area (Å²) in [6.07, 6.45) is 0.157. The lowest BCUT2D eigenvalue weighted by Crippen LogP contribution is -2.46. The van der Waals surface area contributed by atoms with E-state index in [0.717, 1.165) is 6.42 Å². The Kier molecular flexibility index (Phi) is 8.52. The number of halogens is 2. The Morgan fingerprint density at radius 3 is 2.53 bits per heavy atom. The number of ether oxygens (including phenoxy) is 1. The highest BCUT2D eigenvalue weighted by molar-refractivity contribution is 6.32. The van der Waals surface area contributed by atoms with Gasteiger partial charge in [0.05, 0.1) is 16.7 Å². The lowest BCUT2D eigenvalue weighted by molar-refractivity contribution is 0.0989. The average molecular weight is 445 g/mol. The predicted octanol–water partition coefficient (Wildman–Crippen LogP) is 5.14. The zero-order chi connectivity index (χ0) is 20.9. The Hall–Kier alpha value is -2.29. The van der Waals surface area contributed by atoms with Crippen LogP contribution in [0.1, 0.15) is 25.0 Å². The fourth-order valence-electron chi connectivity index (χ4n) is 3.25. The third-order valence-corrected chi connectivity index (χ3v) is 5.06. The molecule has 1 atom stereocenters. The Morgan fingerprint density at radius 2 is 1.83 bits per heavy atom. The molecule has 3 rings (SSSR count). The molecule has 0 aromatic heterocycles. The van der Waals surface area contributed by atoms with Crippen molar-refractivity contribution in [2.75, 3.05) is 13.2 Å². The second kappa shape index (κ2) is 10.7. The molecule has 0 aliphatic carbocycles. The van der Waals surface area contributed by atoms with Crippen LogP contribution in [-0.4, -0.2) is 29.9 Å². The van der Waals surface area contributed by atoms with Gasteiger partial charge in [0.2, 0.25) is 0 Å². The van der Waals surface area contributed by atoms with Crippen molar-refractivity contribution in [1.82, 2.24) is 5.32 Å². The predicted molar refractivity (Wildman–Crippen MR) is 125 cm³/mol. The molecule has 30 heavy (non-hydrogen) atoms. The summed E-state index contributed by atoms with van der Waals surface area (Å²) in [5.74, 6) is 0.458. The average Bonchev–Trinajstić information content (AvgIpc) is 2.71. The molecule has 0 saturated carbocycles. The van der Waals surface area contributed by atoms with E-state index in [9.17, 15) is 5.11 Å². The topological polar surface area (TPSA) is 65.3 Å². The van der Waals surface area contributed by atoms with Gasteiger partial charge >= 0.3 is 0 Å². The molecule has 0 radical (unpaired) electrons. The first-order valence-corrected chi connectivity index (χ1v) is 9.97. The second-order valence-corrected chi connectivity index (χ2v) is 8.25. The van der Waals surface area contributed by atoms with E-state index in [1.807, 2.05) is 18.2 Å². The minimum absolute atomic E-state index is 0. The number of nitriles is 1. The monoisotopic (exact) mass is 444 g/mol. The molecule has 2 N–H and O–H groups in total. The minimum Gasteiger partial charge on any atom is -0.489 e. The van der Waals surface area contributed by atoms with E-state index in [-0.39, 0.29) is 24.6 Å². The van der Waals surface area contributed by atoms with Crippen molar-refractivity contribution in [2.24, 2.45) is 0 Å². The van der Waals surface area contributed by atoms with Gasteiger partial charge in [-0.2, -0.15) is 5.26 Å².